The van der Waals surface area contributed by atoms with E-state index in [2.05, 4.69) is 17.1 Å². The summed E-state index contributed by atoms with van der Waals surface area (Å²) in [6.07, 6.45) is 1.44. The van der Waals surface area contributed by atoms with E-state index in [1.54, 1.807) is 12.1 Å². The molecule has 0 amide bonds. The monoisotopic (exact) mass is 158 g/mol. The van der Waals surface area contributed by atoms with Gasteiger partial charge in [0, 0.05) is 0 Å². The normalized spacial score (nSPS) is 9.70. The van der Waals surface area contributed by atoms with Crippen molar-refractivity contribution in [3.8, 4) is 0 Å². The van der Waals surface area contributed by atoms with Gasteiger partial charge in [-0.15, -0.1) is 0 Å². The summed E-state index contributed by atoms with van der Waals surface area (Å²) in [6, 6.07) is 3.22. The van der Waals surface area contributed by atoms with Crippen LogP contribution in [0, 0.1) is 0 Å². The Morgan fingerprint density at radius 2 is 2.60 bits per heavy atom. The summed E-state index contributed by atoms with van der Waals surface area (Å²) in [7, 11) is 0. The summed E-state index contributed by atoms with van der Waals surface area (Å²) < 4.78 is 9.10. The van der Waals surface area contributed by atoms with Crippen molar-refractivity contribution in [3.63, 3.8) is 0 Å². The molecule has 0 saturated heterocycles. The molecule has 0 aliphatic rings. The maximum absolute atomic E-state index is 10.8. The first-order chi connectivity index (χ1) is 4.84. The minimum Gasteiger partial charge on any atom is -0.461 e. The molecule has 0 bridgehead atoms. The van der Waals surface area contributed by atoms with Crippen LogP contribution in [-0.4, -0.2) is 12.4 Å². The number of furan rings is 1. The molecular weight excluding hydrogens is 152 g/mol. The number of thiol groups is 1. The molecule has 1 aromatic heterocycles. The molecule has 10 heavy (non-hydrogen) atoms. The van der Waals surface area contributed by atoms with Gasteiger partial charge in [0.1, 0.15) is 6.61 Å². The lowest BCUT2D eigenvalue weighted by Gasteiger charge is -1.90. The highest BCUT2D eigenvalue weighted by Crippen LogP contribution is 2.01. The summed E-state index contributed by atoms with van der Waals surface area (Å²) in [5.41, 5.74) is 0. The third-order valence-corrected chi connectivity index (χ3v) is 1.12. The highest BCUT2D eigenvalue weighted by atomic mass is 32.1. The molecule has 1 heterocycles. The SMILES string of the molecule is O=C(COS)c1ccco1. The van der Waals surface area contributed by atoms with Gasteiger partial charge in [-0.2, -0.15) is 0 Å². The van der Waals surface area contributed by atoms with Gasteiger partial charge in [-0.1, -0.05) is 0 Å². The van der Waals surface area contributed by atoms with Crippen molar-refractivity contribution in [2.45, 2.75) is 0 Å². The Kier molecular flexibility index (Phi) is 2.53. The van der Waals surface area contributed by atoms with Gasteiger partial charge in [0.25, 0.3) is 0 Å². The Hall–Kier alpha value is -0.740. The molecule has 0 fully saturated rings. The number of Topliss-reactive ketones (excluding diaryl/α,β-unsaturated/α-hetero) is 1. The lowest BCUT2D eigenvalue weighted by atomic mass is 10.3. The fourth-order valence-corrected chi connectivity index (χ4v) is 0.684. The first-order valence-corrected chi connectivity index (χ1v) is 3.04. The minimum atomic E-state index is -0.208. The van der Waals surface area contributed by atoms with Crippen LogP contribution in [0.5, 0.6) is 0 Å². The van der Waals surface area contributed by atoms with Crippen molar-refractivity contribution in [2.75, 3.05) is 6.61 Å². The van der Waals surface area contributed by atoms with Crippen LogP contribution in [0.25, 0.3) is 0 Å². The van der Waals surface area contributed by atoms with Crippen LogP contribution < -0.4 is 0 Å². The van der Waals surface area contributed by atoms with Crippen LogP contribution in [-0.2, 0) is 4.18 Å². The van der Waals surface area contributed by atoms with Crippen molar-refractivity contribution in [1.29, 1.82) is 0 Å². The Morgan fingerprint density at radius 3 is 3.10 bits per heavy atom. The molecule has 0 atom stereocenters. The zero-order valence-corrected chi connectivity index (χ0v) is 6.01. The van der Waals surface area contributed by atoms with Gasteiger partial charge in [0.05, 0.1) is 6.26 Å². The van der Waals surface area contributed by atoms with Crippen molar-refractivity contribution >= 4 is 18.7 Å². The smallest absolute Gasteiger partial charge is 0.224 e. The van der Waals surface area contributed by atoms with E-state index in [0.717, 1.165) is 0 Å². The summed E-state index contributed by atoms with van der Waals surface area (Å²) in [4.78, 5) is 10.8. The average molecular weight is 158 g/mol. The maximum Gasteiger partial charge on any atom is 0.224 e. The van der Waals surface area contributed by atoms with E-state index < -0.39 is 0 Å². The Morgan fingerprint density at radius 1 is 1.80 bits per heavy atom. The molecule has 0 saturated carbocycles. The standard InChI is InChI=1S/C6H6O3S/c7-5(4-9-10)6-2-1-3-8-6/h1-3,10H,4H2. The molecule has 4 heteroatoms. The molecular formula is C6H6O3S. The number of carbonyl (C=O) groups is 1. The van der Waals surface area contributed by atoms with E-state index in [9.17, 15) is 4.79 Å². The van der Waals surface area contributed by atoms with E-state index >= 15 is 0 Å². The van der Waals surface area contributed by atoms with Crippen molar-refractivity contribution in [2.24, 2.45) is 0 Å². The van der Waals surface area contributed by atoms with Crippen LogP contribution >= 0.6 is 12.9 Å². The predicted octanol–water partition coefficient (Wildman–Crippen LogP) is 1.32. The molecule has 0 N–H and O–H groups in total. The molecule has 0 unspecified atom stereocenters. The summed E-state index contributed by atoms with van der Waals surface area (Å²) >= 11 is 3.43. The van der Waals surface area contributed by atoms with Gasteiger partial charge < -0.3 is 8.60 Å². The third-order valence-electron chi connectivity index (χ3n) is 0.992. The molecule has 0 aromatic carbocycles. The first kappa shape index (κ1) is 7.37. The van der Waals surface area contributed by atoms with Gasteiger partial charge in [-0.25, -0.2) is 0 Å². The molecule has 0 aliphatic heterocycles. The van der Waals surface area contributed by atoms with E-state index in [-0.39, 0.29) is 12.4 Å². The molecule has 1 aromatic rings. The van der Waals surface area contributed by atoms with Gasteiger partial charge in [0.2, 0.25) is 5.78 Å². The number of rotatable bonds is 3. The number of ketones is 1. The van der Waals surface area contributed by atoms with Gasteiger partial charge in [-0.3, -0.25) is 4.79 Å². The fourth-order valence-electron chi connectivity index (χ4n) is 0.567. The van der Waals surface area contributed by atoms with Crippen LogP contribution in [0.3, 0.4) is 0 Å². The lowest BCUT2D eigenvalue weighted by Crippen LogP contribution is -2.03. The molecule has 0 radical (unpaired) electrons. The maximum atomic E-state index is 10.8. The third kappa shape index (κ3) is 1.62. The molecule has 3 nitrogen and oxygen atoms in total. The topological polar surface area (TPSA) is 39.4 Å². The van der Waals surface area contributed by atoms with E-state index in [4.69, 9.17) is 4.42 Å². The second-order valence-electron chi connectivity index (χ2n) is 1.67. The molecule has 1 rings (SSSR count). The number of carbonyl (C=O) groups excluding carboxylic acids is 1. The predicted molar refractivity (Wildman–Crippen MR) is 38.0 cm³/mol. The van der Waals surface area contributed by atoms with Crippen LogP contribution in [0.4, 0.5) is 0 Å². The van der Waals surface area contributed by atoms with E-state index in [1.165, 1.54) is 6.26 Å². The quantitative estimate of drug-likeness (QED) is 0.409. The summed E-state index contributed by atoms with van der Waals surface area (Å²) in [6.45, 7) is -0.0589. The fraction of sp³-hybridized carbons (Fsp3) is 0.167. The Labute approximate surface area is 63.6 Å². The Bertz CT molecular complexity index is 205. The second kappa shape index (κ2) is 3.43. The van der Waals surface area contributed by atoms with E-state index in [1.807, 2.05) is 0 Å². The van der Waals surface area contributed by atoms with Crippen molar-refractivity contribution in [3.05, 3.63) is 24.2 Å². The summed E-state index contributed by atoms with van der Waals surface area (Å²) in [5, 5.41) is 0. The largest absolute Gasteiger partial charge is 0.461 e. The molecule has 0 spiro atoms. The zero-order chi connectivity index (χ0) is 7.40. The van der Waals surface area contributed by atoms with Gasteiger partial charge >= 0.3 is 0 Å². The molecule has 0 aliphatic carbocycles. The van der Waals surface area contributed by atoms with Crippen molar-refractivity contribution in [1.82, 2.24) is 0 Å². The first-order valence-electron chi connectivity index (χ1n) is 2.67. The van der Waals surface area contributed by atoms with Gasteiger partial charge in [-0.05, 0) is 25.0 Å². The lowest BCUT2D eigenvalue weighted by molar-refractivity contribution is 0.0909. The van der Waals surface area contributed by atoms with Gasteiger partial charge in [0.15, 0.2) is 5.76 Å². The minimum absolute atomic E-state index is 0.0589. The highest BCUT2D eigenvalue weighted by molar-refractivity contribution is 7.75. The number of hydrogen-bond donors (Lipinski definition) is 1. The van der Waals surface area contributed by atoms with E-state index in [0.29, 0.717) is 5.76 Å². The summed E-state index contributed by atoms with van der Waals surface area (Å²) in [5.74, 6) is 0.0917. The average Bonchev–Trinajstić information content (AvgIpc) is 2.38. The van der Waals surface area contributed by atoms with Crippen molar-refractivity contribution < 1.29 is 13.4 Å². The van der Waals surface area contributed by atoms with Crippen LogP contribution in [0.1, 0.15) is 10.6 Å². The molecule has 54 valence electrons. The number of hydrogen-bond acceptors (Lipinski definition) is 4. The van der Waals surface area contributed by atoms with Crippen LogP contribution in [0.15, 0.2) is 22.8 Å². The van der Waals surface area contributed by atoms with Crippen LogP contribution in [0.2, 0.25) is 0 Å². The Balaban J connectivity index is 2.59. The zero-order valence-electron chi connectivity index (χ0n) is 5.11. The highest BCUT2D eigenvalue weighted by Gasteiger charge is 2.06. The second-order valence-corrected chi connectivity index (χ2v) is 1.93.